The summed E-state index contributed by atoms with van der Waals surface area (Å²) in [7, 11) is 0. The fourth-order valence-electron chi connectivity index (χ4n) is 2.80. The standard InChI is InChI=1S/C22H32N2O/c1-4-5-6-7-16-25-21-11-9-20(10-12-21)23-14-15-24-22-13-8-18(2)17-19(22)3/h8-13,17,23-24H,4-7,14-16H2,1-3H3. The molecule has 136 valence electrons. The molecule has 0 aliphatic heterocycles. The fraction of sp³-hybridized carbons (Fsp3) is 0.455. The average Bonchev–Trinajstić information content (AvgIpc) is 2.61. The molecule has 0 radical (unpaired) electrons. The lowest BCUT2D eigenvalue weighted by molar-refractivity contribution is 0.305. The zero-order valence-corrected chi connectivity index (χ0v) is 15.9. The molecule has 0 amide bonds. The molecular formula is C22H32N2O. The summed E-state index contributed by atoms with van der Waals surface area (Å²) in [5.74, 6) is 0.954. The first-order valence-corrected chi connectivity index (χ1v) is 9.47. The molecule has 0 unspecified atom stereocenters. The molecule has 0 heterocycles. The van der Waals surface area contributed by atoms with Crippen molar-refractivity contribution in [3.63, 3.8) is 0 Å². The molecular weight excluding hydrogens is 308 g/mol. The first-order valence-electron chi connectivity index (χ1n) is 9.47. The Hall–Kier alpha value is -2.16. The van der Waals surface area contributed by atoms with Gasteiger partial charge in [-0.05, 0) is 56.2 Å². The maximum atomic E-state index is 5.77. The Morgan fingerprint density at radius 3 is 2.32 bits per heavy atom. The number of ether oxygens (including phenoxy) is 1. The van der Waals surface area contributed by atoms with Gasteiger partial charge < -0.3 is 15.4 Å². The van der Waals surface area contributed by atoms with Crippen molar-refractivity contribution in [2.24, 2.45) is 0 Å². The summed E-state index contributed by atoms with van der Waals surface area (Å²) in [5, 5.41) is 6.92. The Labute approximate surface area is 152 Å². The predicted molar refractivity (Wildman–Crippen MR) is 109 cm³/mol. The molecule has 0 fully saturated rings. The maximum absolute atomic E-state index is 5.77. The van der Waals surface area contributed by atoms with Crippen LogP contribution in [-0.4, -0.2) is 19.7 Å². The maximum Gasteiger partial charge on any atom is 0.119 e. The molecule has 2 N–H and O–H groups in total. The van der Waals surface area contributed by atoms with Gasteiger partial charge in [-0.15, -0.1) is 0 Å². The Bertz CT molecular complexity index is 622. The van der Waals surface area contributed by atoms with Gasteiger partial charge in [0.05, 0.1) is 6.61 Å². The molecule has 2 aromatic rings. The van der Waals surface area contributed by atoms with E-state index < -0.39 is 0 Å². The number of hydrogen-bond donors (Lipinski definition) is 2. The van der Waals surface area contributed by atoms with Crippen molar-refractivity contribution in [2.75, 3.05) is 30.3 Å². The highest BCUT2D eigenvalue weighted by atomic mass is 16.5. The Kier molecular flexibility index (Phi) is 8.17. The van der Waals surface area contributed by atoms with E-state index in [9.17, 15) is 0 Å². The summed E-state index contributed by atoms with van der Waals surface area (Å²) in [5.41, 5.74) is 4.93. The second-order valence-electron chi connectivity index (χ2n) is 6.61. The van der Waals surface area contributed by atoms with Gasteiger partial charge in [-0.3, -0.25) is 0 Å². The summed E-state index contributed by atoms with van der Waals surface area (Å²) >= 11 is 0. The van der Waals surface area contributed by atoms with Crippen molar-refractivity contribution in [1.29, 1.82) is 0 Å². The molecule has 0 saturated heterocycles. The molecule has 3 nitrogen and oxygen atoms in total. The number of nitrogens with one attached hydrogen (secondary N) is 2. The first kappa shape index (κ1) is 19.2. The van der Waals surface area contributed by atoms with E-state index in [2.05, 4.69) is 61.7 Å². The van der Waals surface area contributed by atoms with E-state index in [1.807, 2.05) is 12.1 Å². The van der Waals surface area contributed by atoms with Crippen molar-refractivity contribution in [2.45, 2.75) is 46.5 Å². The van der Waals surface area contributed by atoms with E-state index >= 15 is 0 Å². The Morgan fingerprint density at radius 1 is 0.840 bits per heavy atom. The Morgan fingerprint density at radius 2 is 1.60 bits per heavy atom. The molecule has 0 saturated carbocycles. The van der Waals surface area contributed by atoms with Gasteiger partial charge in [-0.25, -0.2) is 0 Å². The minimum absolute atomic E-state index is 0.812. The van der Waals surface area contributed by atoms with Crippen LogP contribution in [0.25, 0.3) is 0 Å². The second kappa shape index (κ2) is 10.7. The van der Waals surface area contributed by atoms with Crippen LogP contribution < -0.4 is 15.4 Å². The normalized spacial score (nSPS) is 10.5. The summed E-state index contributed by atoms with van der Waals surface area (Å²) < 4.78 is 5.77. The van der Waals surface area contributed by atoms with Gasteiger partial charge >= 0.3 is 0 Å². The second-order valence-corrected chi connectivity index (χ2v) is 6.61. The number of hydrogen-bond acceptors (Lipinski definition) is 3. The minimum atomic E-state index is 0.812. The first-order chi connectivity index (χ1) is 12.2. The van der Waals surface area contributed by atoms with Crippen LogP contribution in [0.1, 0.15) is 43.7 Å². The molecule has 0 spiro atoms. The third-order valence-electron chi connectivity index (χ3n) is 4.27. The van der Waals surface area contributed by atoms with Crippen molar-refractivity contribution in [3.05, 3.63) is 53.6 Å². The fourth-order valence-corrected chi connectivity index (χ4v) is 2.80. The van der Waals surface area contributed by atoms with Gasteiger partial charge in [0.15, 0.2) is 0 Å². The van der Waals surface area contributed by atoms with Gasteiger partial charge in [-0.1, -0.05) is 43.9 Å². The van der Waals surface area contributed by atoms with Gasteiger partial charge in [0.25, 0.3) is 0 Å². The molecule has 0 aliphatic carbocycles. The lowest BCUT2D eigenvalue weighted by Gasteiger charge is -2.12. The summed E-state index contributed by atoms with van der Waals surface area (Å²) in [4.78, 5) is 0. The van der Waals surface area contributed by atoms with Crippen molar-refractivity contribution < 1.29 is 4.74 Å². The van der Waals surface area contributed by atoms with E-state index in [0.717, 1.165) is 37.6 Å². The van der Waals surface area contributed by atoms with Gasteiger partial charge in [0.2, 0.25) is 0 Å². The van der Waals surface area contributed by atoms with Gasteiger partial charge in [0.1, 0.15) is 5.75 Å². The highest BCUT2D eigenvalue weighted by Gasteiger charge is 1.98. The van der Waals surface area contributed by atoms with Crippen molar-refractivity contribution in [3.8, 4) is 5.75 Å². The average molecular weight is 341 g/mol. The predicted octanol–water partition coefficient (Wildman–Crippen LogP) is 5.79. The zero-order valence-electron chi connectivity index (χ0n) is 15.9. The van der Waals surface area contributed by atoms with E-state index in [0.29, 0.717) is 0 Å². The summed E-state index contributed by atoms with van der Waals surface area (Å²) in [6, 6.07) is 14.7. The van der Waals surface area contributed by atoms with Crippen LogP contribution >= 0.6 is 0 Å². The minimum Gasteiger partial charge on any atom is -0.494 e. The highest BCUT2D eigenvalue weighted by Crippen LogP contribution is 2.17. The van der Waals surface area contributed by atoms with E-state index in [-0.39, 0.29) is 0 Å². The van der Waals surface area contributed by atoms with Gasteiger partial charge in [0, 0.05) is 24.5 Å². The molecule has 0 bridgehead atoms. The SMILES string of the molecule is CCCCCCOc1ccc(NCCNc2ccc(C)cc2C)cc1. The number of aryl methyl sites for hydroxylation is 2. The van der Waals surface area contributed by atoms with Crippen LogP contribution in [0.15, 0.2) is 42.5 Å². The van der Waals surface area contributed by atoms with Crippen LogP contribution in [0.2, 0.25) is 0 Å². The monoisotopic (exact) mass is 340 g/mol. The van der Waals surface area contributed by atoms with Crippen LogP contribution in [0.5, 0.6) is 5.75 Å². The topological polar surface area (TPSA) is 33.3 Å². The van der Waals surface area contributed by atoms with Gasteiger partial charge in [-0.2, -0.15) is 0 Å². The smallest absolute Gasteiger partial charge is 0.119 e. The largest absolute Gasteiger partial charge is 0.494 e. The zero-order chi connectivity index (χ0) is 17.9. The molecule has 0 aromatic heterocycles. The van der Waals surface area contributed by atoms with Crippen LogP contribution in [0.4, 0.5) is 11.4 Å². The number of benzene rings is 2. The molecule has 0 aliphatic rings. The number of anilines is 2. The molecule has 3 heteroatoms. The number of unbranched alkanes of at least 4 members (excludes halogenated alkanes) is 3. The molecule has 2 rings (SSSR count). The Balaban J connectivity index is 1.65. The lowest BCUT2D eigenvalue weighted by atomic mass is 10.1. The van der Waals surface area contributed by atoms with Crippen molar-refractivity contribution in [1.82, 2.24) is 0 Å². The van der Waals surface area contributed by atoms with Crippen molar-refractivity contribution >= 4 is 11.4 Å². The molecule has 25 heavy (non-hydrogen) atoms. The van der Waals surface area contributed by atoms with E-state index in [4.69, 9.17) is 4.74 Å². The quantitative estimate of drug-likeness (QED) is 0.508. The molecule has 2 aromatic carbocycles. The lowest BCUT2D eigenvalue weighted by Crippen LogP contribution is -2.14. The van der Waals surface area contributed by atoms with Crippen LogP contribution in [0, 0.1) is 13.8 Å². The molecule has 0 atom stereocenters. The third kappa shape index (κ3) is 7.08. The third-order valence-corrected chi connectivity index (χ3v) is 4.27. The highest BCUT2D eigenvalue weighted by molar-refractivity contribution is 5.52. The van der Waals surface area contributed by atoms with Crippen LogP contribution in [-0.2, 0) is 0 Å². The van der Waals surface area contributed by atoms with E-state index in [1.165, 1.54) is 36.1 Å². The van der Waals surface area contributed by atoms with Crippen LogP contribution in [0.3, 0.4) is 0 Å². The summed E-state index contributed by atoms with van der Waals surface area (Å²) in [6.45, 7) is 9.07. The summed E-state index contributed by atoms with van der Waals surface area (Å²) in [6.07, 6.45) is 4.95. The number of rotatable bonds is 11. The van der Waals surface area contributed by atoms with E-state index in [1.54, 1.807) is 0 Å².